The zero-order valence-electron chi connectivity index (χ0n) is 10.1. The van der Waals surface area contributed by atoms with Gasteiger partial charge >= 0.3 is 0 Å². The SMILES string of the molecule is CCCC(CCl)c1ccc(OC)c(OC)c1. The number of rotatable bonds is 6. The molecule has 1 rings (SSSR count). The van der Waals surface area contributed by atoms with E-state index in [1.165, 1.54) is 5.56 Å². The van der Waals surface area contributed by atoms with E-state index in [-0.39, 0.29) is 0 Å². The van der Waals surface area contributed by atoms with E-state index in [2.05, 4.69) is 13.0 Å². The van der Waals surface area contributed by atoms with Crippen LogP contribution in [-0.4, -0.2) is 20.1 Å². The number of alkyl halides is 1. The highest BCUT2D eigenvalue weighted by molar-refractivity contribution is 6.18. The Labute approximate surface area is 103 Å². The van der Waals surface area contributed by atoms with Crippen molar-refractivity contribution >= 4 is 11.6 Å². The van der Waals surface area contributed by atoms with Crippen LogP contribution >= 0.6 is 11.6 Å². The van der Waals surface area contributed by atoms with E-state index in [0.717, 1.165) is 24.3 Å². The predicted molar refractivity (Wildman–Crippen MR) is 67.9 cm³/mol. The molecule has 0 aliphatic heterocycles. The van der Waals surface area contributed by atoms with E-state index in [1.807, 2.05) is 12.1 Å². The highest BCUT2D eigenvalue weighted by Crippen LogP contribution is 2.32. The quantitative estimate of drug-likeness (QED) is 0.706. The molecule has 0 amide bonds. The molecule has 0 saturated carbocycles. The summed E-state index contributed by atoms with van der Waals surface area (Å²) in [6, 6.07) is 6.01. The Kier molecular flexibility index (Phi) is 5.47. The third-order valence-corrected chi connectivity index (χ3v) is 3.07. The van der Waals surface area contributed by atoms with Crippen LogP contribution in [0.1, 0.15) is 31.2 Å². The van der Waals surface area contributed by atoms with Crippen LogP contribution in [0.25, 0.3) is 0 Å². The highest BCUT2D eigenvalue weighted by Gasteiger charge is 2.12. The average molecular weight is 243 g/mol. The Bertz CT molecular complexity index is 326. The Balaban J connectivity index is 2.96. The summed E-state index contributed by atoms with van der Waals surface area (Å²) in [5.74, 6) is 2.57. The maximum atomic E-state index is 5.98. The van der Waals surface area contributed by atoms with Crippen molar-refractivity contribution in [1.29, 1.82) is 0 Å². The Morgan fingerprint density at radius 2 is 1.88 bits per heavy atom. The van der Waals surface area contributed by atoms with E-state index in [4.69, 9.17) is 21.1 Å². The molecule has 1 aromatic rings. The Morgan fingerprint density at radius 3 is 2.38 bits per heavy atom. The van der Waals surface area contributed by atoms with E-state index < -0.39 is 0 Å². The predicted octanol–water partition coefficient (Wildman–Crippen LogP) is 3.83. The van der Waals surface area contributed by atoms with Crippen molar-refractivity contribution in [1.82, 2.24) is 0 Å². The zero-order chi connectivity index (χ0) is 12.0. The molecule has 1 atom stereocenters. The molecule has 1 aromatic carbocycles. The van der Waals surface area contributed by atoms with Gasteiger partial charge in [-0.25, -0.2) is 0 Å². The first-order valence-electron chi connectivity index (χ1n) is 5.54. The molecule has 0 saturated heterocycles. The van der Waals surface area contributed by atoms with E-state index in [1.54, 1.807) is 14.2 Å². The second kappa shape index (κ2) is 6.64. The van der Waals surface area contributed by atoms with Crippen molar-refractivity contribution < 1.29 is 9.47 Å². The van der Waals surface area contributed by atoms with Gasteiger partial charge in [-0.3, -0.25) is 0 Å². The summed E-state index contributed by atoms with van der Waals surface area (Å²) in [6.07, 6.45) is 2.23. The van der Waals surface area contributed by atoms with Crippen molar-refractivity contribution in [2.75, 3.05) is 20.1 Å². The topological polar surface area (TPSA) is 18.5 Å². The van der Waals surface area contributed by atoms with Crippen molar-refractivity contribution in [3.63, 3.8) is 0 Å². The molecule has 2 nitrogen and oxygen atoms in total. The van der Waals surface area contributed by atoms with Gasteiger partial charge < -0.3 is 9.47 Å². The fraction of sp³-hybridized carbons (Fsp3) is 0.538. The van der Waals surface area contributed by atoms with Gasteiger partial charge in [-0.05, 0) is 30.0 Å². The van der Waals surface area contributed by atoms with Gasteiger partial charge in [-0.2, -0.15) is 0 Å². The summed E-state index contributed by atoms with van der Waals surface area (Å²) >= 11 is 5.98. The van der Waals surface area contributed by atoms with Crippen LogP contribution in [-0.2, 0) is 0 Å². The van der Waals surface area contributed by atoms with Gasteiger partial charge in [0.2, 0.25) is 0 Å². The lowest BCUT2D eigenvalue weighted by Gasteiger charge is -2.15. The minimum atomic E-state index is 0.395. The summed E-state index contributed by atoms with van der Waals surface area (Å²) < 4.78 is 10.5. The monoisotopic (exact) mass is 242 g/mol. The molecule has 1 unspecified atom stereocenters. The van der Waals surface area contributed by atoms with Gasteiger partial charge in [-0.15, -0.1) is 11.6 Å². The van der Waals surface area contributed by atoms with Crippen molar-refractivity contribution in [3.05, 3.63) is 23.8 Å². The number of hydrogen-bond donors (Lipinski definition) is 0. The summed E-state index contributed by atoms with van der Waals surface area (Å²) in [6.45, 7) is 2.17. The molecule has 0 spiro atoms. The van der Waals surface area contributed by atoms with Crippen LogP contribution in [0.2, 0.25) is 0 Å². The average Bonchev–Trinajstić information content (AvgIpc) is 2.35. The summed E-state index contributed by atoms with van der Waals surface area (Å²) in [5.41, 5.74) is 1.22. The molecule has 0 aliphatic rings. The van der Waals surface area contributed by atoms with E-state index in [9.17, 15) is 0 Å². The van der Waals surface area contributed by atoms with Gasteiger partial charge in [0, 0.05) is 5.88 Å². The van der Waals surface area contributed by atoms with E-state index in [0.29, 0.717) is 11.8 Å². The molecular weight excluding hydrogens is 224 g/mol. The molecule has 0 fully saturated rings. The molecule has 0 aliphatic carbocycles. The van der Waals surface area contributed by atoms with Gasteiger partial charge in [0.05, 0.1) is 14.2 Å². The molecular formula is C13H19ClO2. The molecule has 16 heavy (non-hydrogen) atoms. The number of methoxy groups -OCH3 is 2. The van der Waals surface area contributed by atoms with Gasteiger partial charge in [-0.1, -0.05) is 19.4 Å². The first kappa shape index (κ1) is 13.2. The minimum Gasteiger partial charge on any atom is -0.493 e. The van der Waals surface area contributed by atoms with E-state index >= 15 is 0 Å². The third-order valence-electron chi connectivity index (χ3n) is 2.70. The molecule has 0 aromatic heterocycles. The van der Waals surface area contributed by atoms with Crippen LogP contribution in [0.5, 0.6) is 11.5 Å². The second-order valence-electron chi connectivity index (χ2n) is 3.75. The second-order valence-corrected chi connectivity index (χ2v) is 4.06. The highest BCUT2D eigenvalue weighted by atomic mass is 35.5. The van der Waals surface area contributed by atoms with Gasteiger partial charge in [0.25, 0.3) is 0 Å². The number of ether oxygens (including phenoxy) is 2. The fourth-order valence-corrected chi connectivity index (χ4v) is 2.12. The van der Waals surface area contributed by atoms with Crippen LogP contribution in [0, 0.1) is 0 Å². The molecule has 3 heteroatoms. The van der Waals surface area contributed by atoms with Gasteiger partial charge in [0.1, 0.15) is 0 Å². The van der Waals surface area contributed by atoms with Crippen molar-refractivity contribution in [2.24, 2.45) is 0 Å². The molecule has 90 valence electrons. The minimum absolute atomic E-state index is 0.395. The Morgan fingerprint density at radius 1 is 1.19 bits per heavy atom. The Hall–Kier alpha value is -0.890. The lowest BCUT2D eigenvalue weighted by Crippen LogP contribution is -2.01. The number of halogens is 1. The summed E-state index contributed by atoms with van der Waals surface area (Å²) in [7, 11) is 3.29. The first-order valence-corrected chi connectivity index (χ1v) is 6.08. The van der Waals surface area contributed by atoms with Crippen LogP contribution < -0.4 is 9.47 Å². The molecule has 0 bridgehead atoms. The largest absolute Gasteiger partial charge is 0.493 e. The number of benzene rings is 1. The zero-order valence-corrected chi connectivity index (χ0v) is 10.9. The summed E-state index contributed by atoms with van der Waals surface area (Å²) in [5, 5.41) is 0. The summed E-state index contributed by atoms with van der Waals surface area (Å²) in [4.78, 5) is 0. The molecule has 0 N–H and O–H groups in total. The molecule has 0 radical (unpaired) electrons. The van der Waals surface area contributed by atoms with Crippen LogP contribution in [0.15, 0.2) is 18.2 Å². The lowest BCUT2D eigenvalue weighted by atomic mass is 9.96. The standard InChI is InChI=1S/C13H19ClO2/c1-4-5-11(9-14)10-6-7-12(15-2)13(8-10)16-3/h6-8,11H,4-5,9H2,1-3H3. The van der Waals surface area contributed by atoms with Crippen LogP contribution in [0.4, 0.5) is 0 Å². The molecule has 0 heterocycles. The van der Waals surface area contributed by atoms with Gasteiger partial charge in [0.15, 0.2) is 11.5 Å². The smallest absolute Gasteiger partial charge is 0.160 e. The maximum absolute atomic E-state index is 5.98. The first-order chi connectivity index (χ1) is 7.76. The number of hydrogen-bond acceptors (Lipinski definition) is 2. The maximum Gasteiger partial charge on any atom is 0.160 e. The fourth-order valence-electron chi connectivity index (χ4n) is 1.79. The van der Waals surface area contributed by atoms with Crippen molar-refractivity contribution in [2.45, 2.75) is 25.7 Å². The van der Waals surface area contributed by atoms with Crippen molar-refractivity contribution in [3.8, 4) is 11.5 Å². The third kappa shape index (κ3) is 3.05. The normalized spacial score (nSPS) is 12.2. The lowest BCUT2D eigenvalue weighted by molar-refractivity contribution is 0.354. The van der Waals surface area contributed by atoms with Crippen LogP contribution in [0.3, 0.4) is 0 Å².